The second-order valence-corrected chi connectivity index (χ2v) is 4.16. The van der Waals surface area contributed by atoms with Gasteiger partial charge in [-0.2, -0.15) is 0 Å². The molecule has 1 saturated carbocycles. The molecule has 16 heavy (non-hydrogen) atoms. The topological polar surface area (TPSA) is 80.9 Å². The monoisotopic (exact) mass is 220 g/mol. The van der Waals surface area contributed by atoms with Crippen LogP contribution in [0.2, 0.25) is 0 Å². The Kier molecular flexibility index (Phi) is 3.46. The normalized spacial score (nSPS) is 25.1. The van der Waals surface area contributed by atoms with Gasteiger partial charge in [0.1, 0.15) is 6.33 Å². The number of nitrogens with one attached hydrogen (secondary N) is 1. The summed E-state index contributed by atoms with van der Waals surface area (Å²) in [6.45, 7) is 0. The van der Waals surface area contributed by atoms with Crippen molar-refractivity contribution in [3.63, 3.8) is 0 Å². The molecule has 1 aliphatic carbocycles. The van der Waals surface area contributed by atoms with Gasteiger partial charge in [-0.25, -0.2) is 9.97 Å². The first-order valence-electron chi connectivity index (χ1n) is 5.59. The number of amides is 1. The molecule has 0 bridgehead atoms. The molecule has 1 aromatic heterocycles. The van der Waals surface area contributed by atoms with Gasteiger partial charge in [0.15, 0.2) is 0 Å². The van der Waals surface area contributed by atoms with Crippen LogP contribution in [0.3, 0.4) is 0 Å². The third-order valence-corrected chi connectivity index (χ3v) is 2.96. The lowest BCUT2D eigenvalue weighted by molar-refractivity contribution is 0.0920. The molecule has 1 heterocycles. The fourth-order valence-electron chi connectivity index (χ4n) is 2.01. The van der Waals surface area contributed by atoms with Crippen molar-refractivity contribution in [3.8, 4) is 0 Å². The van der Waals surface area contributed by atoms with Gasteiger partial charge in [-0.05, 0) is 12.8 Å². The van der Waals surface area contributed by atoms with Crippen molar-refractivity contribution in [2.75, 3.05) is 0 Å². The molecule has 2 rings (SSSR count). The van der Waals surface area contributed by atoms with E-state index >= 15 is 0 Å². The van der Waals surface area contributed by atoms with E-state index < -0.39 is 0 Å². The van der Waals surface area contributed by atoms with Gasteiger partial charge in [-0.3, -0.25) is 4.79 Å². The van der Waals surface area contributed by atoms with Crippen molar-refractivity contribution in [3.05, 3.63) is 24.3 Å². The fourth-order valence-corrected chi connectivity index (χ4v) is 2.01. The van der Waals surface area contributed by atoms with Gasteiger partial charge in [-0.15, -0.1) is 0 Å². The van der Waals surface area contributed by atoms with Gasteiger partial charge in [0.05, 0.1) is 5.56 Å². The first-order valence-corrected chi connectivity index (χ1v) is 5.59. The summed E-state index contributed by atoms with van der Waals surface area (Å²) in [6, 6.07) is 0.156. The first kappa shape index (κ1) is 11.0. The number of rotatable bonds is 2. The molecule has 0 radical (unpaired) electrons. The Morgan fingerprint density at radius 3 is 2.69 bits per heavy atom. The largest absolute Gasteiger partial charge is 0.348 e. The van der Waals surface area contributed by atoms with Crippen LogP contribution in [0.15, 0.2) is 18.7 Å². The number of nitrogens with zero attached hydrogens (tertiary/aromatic N) is 2. The van der Waals surface area contributed by atoms with Crippen LogP contribution >= 0.6 is 0 Å². The van der Waals surface area contributed by atoms with Gasteiger partial charge in [0.25, 0.3) is 5.91 Å². The van der Waals surface area contributed by atoms with E-state index in [1.54, 1.807) is 0 Å². The van der Waals surface area contributed by atoms with E-state index in [1.807, 2.05) is 0 Å². The van der Waals surface area contributed by atoms with Crippen LogP contribution in [0.25, 0.3) is 0 Å². The van der Waals surface area contributed by atoms with Gasteiger partial charge in [-0.1, -0.05) is 12.8 Å². The summed E-state index contributed by atoms with van der Waals surface area (Å²) < 4.78 is 0. The lowest BCUT2D eigenvalue weighted by atomic mass is 9.91. The minimum atomic E-state index is -0.136. The number of nitrogens with two attached hydrogens (primary N) is 1. The lowest BCUT2D eigenvalue weighted by Crippen LogP contribution is -2.49. The number of hydrogen-bond donors (Lipinski definition) is 2. The van der Waals surface area contributed by atoms with Crippen molar-refractivity contribution < 1.29 is 4.79 Å². The van der Waals surface area contributed by atoms with E-state index in [0.717, 1.165) is 25.7 Å². The predicted octanol–water partition coefficient (Wildman–Crippen LogP) is 0.476. The molecule has 2 atom stereocenters. The average Bonchev–Trinajstić information content (AvgIpc) is 2.33. The van der Waals surface area contributed by atoms with Gasteiger partial charge >= 0.3 is 0 Å². The summed E-state index contributed by atoms with van der Waals surface area (Å²) in [6.07, 6.45) is 8.65. The summed E-state index contributed by atoms with van der Waals surface area (Å²) >= 11 is 0. The third kappa shape index (κ3) is 2.55. The third-order valence-electron chi connectivity index (χ3n) is 2.96. The van der Waals surface area contributed by atoms with Gasteiger partial charge < -0.3 is 11.1 Å². The highest BCUT2D eigenvalue weighted by molar-refractivity contribution is 5.93. The highest BCUT2D eigenvalue weighted by Gasteiger charge is 2.23. The Morgan fingerprint density at radius 1 is 1.31 bits per heavy atom. The average molecular weight is 220 g/mol. The second kappa shape index (κ2) is 5.03. The van der Waals surface area contributed by atoms with E-state index in [4.69, 9.17) is 5.73 Å². The van der Waals surface area contributed by atoms with Crippen LogP contribution in [0.1, 0.15) is 36.0 Å². The molecule has 5 nitrogen and oxygen atoms in total. The molecule has 1 aromatic rings. The Labute approximate surface area is 94.5 Å². The minimum Gasteiger partial charge on any atom is -0.348 e. The zero-order chi connectivity index (χ0) is 11.4. The van der Waals surface area contributed by atoms with E-state index in [2.05, 4.69) is 15.3 Å². The summed E-state index contributed by atoms with van der Waals surface area (Å²) in [5.41, 5.74) is 6.45. The van der Waals surface area contributed by atoms with Crippen LogP contribution in [0.4, 0.5) is 0 Å². The Balaban J connectivity index is 1.96. The zero-order valence-corrected chi connectivity index (χ0v) is 9.10. The molecule has 1 amide bonds. The highest BCUT2D eigenvalue weighted by Crippen LogP contribution is 2.17. The van der Waals surface area contributed by atoms with E-state index in [9.17, 15) is 4.79 Å². The molecule has 0 spiro atoms. The maximum absolute atomic E-state index is 11.8. The zero-order valence-electron chi connectivity index (χ0n) is 9.10. The minimum absolute atomic E-state index is 0.0716. The van der Waals surface area contributed by atoms with Crippen LogP contribution in [0.5, 0.6) is 0 Å². The Morgan fingerprint density at radius 2 is 2.00 bits per heavy atom. The maximum Gasteiger partial charge on any atom is 0.254 e. The van der Waals surface area contributed by atoms with Crippen molar-refractivity contribution in [2.24, 2.45) is 5.73 Å². The molecule has 5 heteroatoms. The van der Waals surface area contributed by atoms with Crippen molar-refractivity contribution >= 4 is 5.91 Å². The molecular formula is C11H16N4O. The van der Waals surface area contributed by atoms with Crippen molar-refractivity contribution in [1.29, 1.82) is 0 Å². The van der Waals surface area contributed by atoms with Crippen LogP contribution in [0, 0.1) is 0 Å². The Bertz CT molecular complexity index is 354. The van der Waals surface area contributed by atoms with E-state index in [-0.39, 0.29) is 18.0 Å². The molecule has 1 aliphatic rings. The highest BCUT2D eigenvalue weighted by atomic mass is 16.1. The van der Waals surface area contributed by atoms with Crippen molar-refractivity contribution in [1.82, 2.24) is 15.3 Å². The molecule has 86 valence electrons. The van der Waals surface area contributed by atoms with Crippen LogP contribution in [-0.2, 0) is 0 Å². The summed E-state index contributed by atoms with van der Waals surface area (Å²) in [5.74, 6) is -0.136. The fraction of sp³-hybridized carbons (Fsp3) is 0.545. The number of carbonyl (C=O) groups excluding carboxylic acids is 1. The van der Waals surface area contributed by atoms with E-state index in [1.165, 1.54) is 18.7 Å². The summed E-state index contributed by atoms with van der Waals surface area (Å²) in [4.78, 5) is 19.4. The number of aromatic nitrogens is 2. The van der Waals surface area contributed by atoms with Crippen molar-refractivity contribution in [2.45, 2.75) is 37.8 Å². The molecular weight excluding hydrogens is 204 g/mol. The quantitative estimate of drug-likeness (QED) is 0.759. The summed E-state index contributed by atoms with van der Waals surface area (Å²) in [5, 5.41) is 2.94. The maximum atomic E-state index is 11.8. The SMILES string of the molecule is N[C@@H]1CCCC[C@H]1NC(=O)c1cncnc1. The molecule has 0 aromatic carbocycles. The summed E-state index contributed by atoms with van der Waals surface area (Å²) in [7, 11) is 0. The molecule has 0 saturated heterocycles. The first-order chi connectivity index (χ1) is 7.77. The molecule has 3 N–H and O–H groups in total. The van der Waals surface area contributed by atoms with Crippen LogP contribution in [-0.4, -0.2) is 28.0 Å². The Hall–Kier alpha value is -1.49. The van der Waals surface area contributed by atoms with E-state index in [0.29, 0.717) is 5.56 Å². The van der Waals surface area contributed by atoms with Crippen LogP contribution < -0.4 is 11.1 Å². The number of hydrogen-bond acceptors (Lipinski definition) is 4. The standard InChI is InChI=1S/C11H16N4O/c12-9-3-1-2-4-10(9)15-11(16)8-5-13-7-14-6-8/h5-7,9-10H,1-4,12H2,(H,15,16)/t9-,10-/m1/s1. The smallest absolute Gasteiger partial charge is 0.254 e. The number of carbonyl (C=O) groups is 1. The predicted molar refractivity (Wildman–Crippen MR) is 59.7 cm³/mol. The molecule has 1 fully saturated rings. The second-order valence-electron chi connectivity index (χ2n) is 4.16. The lowest BCUT2D eigenvalue weighted by Gasteiger charge is -2.29. The molecule has 0 aliphatic heterocycles. The van der Waals surface area contributed by atoms with Gasteiger partial charge in [0, 0.05) is 24.5 Å². The van der Waals surface area contributed by atoms with Gasteiger partial charge in [0.2, 0.25) is 0 Å². The molecule has 0 unspecified atom stereocenters.